The van der Waals surface area contributed by atoms with Crippen LogP contribution in [0.15, 0.2) is 0 Å². The minimum absolute atomic E-state index is 0.574. The Morgan fingerprint density at radius 1 is 1.50 bits per heavy atom. The number of hydrogen-bond donors (Lipinski definition) is 0. The smallest absolute Gasteiger partial charge is 0.150 e. The van der Waals surface area contributed by atoms with Gasteiger partial charge >= 0.3 is 0 Å². The van der Waals surface area contributed by atoms with Gasteiger partial charge in [-0.15, -0.1) is 5.10 Å². The average molecular weight is 188 g/mol. The summed E-state index contributed by atoms with van der Waals surface area (Å²) in [7, 11) is 0. The topological polar surface area (TPSA) is 30.7 Å². The van der Waals surface area contributed by atoms with Crippen molar-refractivity contribution in [1.29, 1.82) is 0 Å². The van der Waals surface area contributed by atoms with E-state index in [1.54, 1.807) is 4.68 Å². The van der Waals surface area contributed by atoms with E-state index in [4.69, 9.17) is 11.6 Å². The minimum atomic E-state index is 0.574. The summed E-state index contributed by atoms with van der Waals surface area (Å²) in [6, 6.07) is 0. The van der Waals surface area contributed by atoms with Crippen LogP contribution in [0, 0.1) is 5.92 Å². The van der Waals surface area contributed by atoms with Crippen molar-refractivity contribution < 1.29 is 0 Å². The Morgan fingerprint density at radius 2 is 2.17 bits per heavy atom. The van der Waals surface area contributed by atoms with Gasteiger partial charge in [-0.3, -0.25) is 0 Å². The van der Waals surface area contributed by atoms with Crippen LogP contribution in [-0.4, -0.2) is 15.0 Å². The molecular weight excluding hydrogens is 174 g/mol. The van der Waals surface area contributed by atoms with Gasteiger partial charge < -0.3 is 0 Å². The number of hydrogen-bond acceptors (Lipinski definition) is 2. The number of rotatable bonds is 3. The number of aryl methyl sites for hydroxylation is 1. The van der Waals surface area contributed by atoms with Crippen LogP contribution >= 0.6 is 11.6 Å². The molecule has 0 aromatic carbocycles. The molecule has 3 nitrogen and oxygen atoms in total. The Balaban J connectivity index is 2.80. The quantitative estimate of drug-likeness (QED) is 0.726. The summed E-state index contributed by atoms with van der Waals surface area (Å²) in [6.07, 6.45) is 0.902. The first-order valence-electron chi connectivity index (χ1n) is 4.23. The molecule has 12 heavy (non-hydrogen) atoms. The van der Waals surface area contributed by atoms with Crippen molar-refractivity contribution in [3.8, 4) is 0 Å². The van der Waals surface area contributed by atoms with Gasteiger partial charge in [0.15, 0.2) is 0 Å². The molecule has 0 aliphatic rings. The van der Waals surface area contributed by atoms with E-state index in [0.29, 0.717) is 11.1 Å². The molecule has 0 amide bonds. The lowest BCUT2D eigenvalue weighted by Crippen LogP contribution is -1.97. The summed E-state index contributed by atoms with van der Waals surface area (Å²) in [4.78, 5) is 0. The summed E-state index contributed by atoms with van der Waals surface area (Å²) in [6.45, 7) is 7.06. The van der Waals surface area contributed by atoms with Crippen LogP contribution in [0.2, 0.25) is 5.15 Å². The monoisotopic (exact) mass is 187 g/mol. The maximum absolute atomic E-state index is 6.01. The van der Waals surface area contributed by atoms with Crippen molar-refractivity contribution >= 4 is 11.6 Å². The maximum Gasteiger partial charge on any atom is 0.150 e. The molecule has 0 spiro atoms. The fourth-order valence-corrected chi connectivity index (χ4v) is 1.32. The molecule has 1 rings (SSSR count). The highest BCUT2D eigenvalue weighted by Gasteiger charge is 2.10. The SMILES string of the molecule is CCn1nnc(CC(C)C)c1Cl. The second-order valence-corrected chi connectivity index (χ2v) is 3.60. The molecule has 0 N–H and O–H groups in total. The molecule has 0 aliphatic heterocycles. The molecule has 1 aromatic rings. The summed E-state index contributed by atoms with van der Waals surface area (Å²) in [5, 5.41) is 8.62. The summed E-state index contributed by atoms with van der Waals surface area (Å²) in [5.74, 6) is 0.574. The normalized spacial score (nSPS) is 11.1. The Kier molecular flexibility index (Phi) is 3.09. The highest BCUT2D eigenvalue weighted by atomic mass is 35.5. The summed E-state index contributed by atoms with van der Waals surface area (Å²) >= 11 is 6.01. The summed E-state index contributed by atoms with van der Waals surface area (Å²) in [5.41, 5.74) is 0.911. The van der Waals surface area contributed by atoms with Gasteiger partial charge in [0.25, 0.3) is 0 Å². The van der Waals surface area contributed by atoms with Crippen molar-refractivity contribution in [2.45, 2.75) is 33.7 Å². The highest BCUT2D eigenvalue weighted by molar-refractivity contribution is 6.30. The van der Waals surface area contributed by atoms with Crippen molar-refractivity contribution in [3.63, 3.8) is 0 Å². The molecule has 0 aliphatic carbocycles. The molecule has 68 valence electrons. The van der Waals surface area contributed by atoms with Crippen LogP contribution in [0.5, 0.6) is 0 Å². The molecule has 0 saturated carbocycles. The van der Waals surface area contributed by atoms with Crippen molar-refractivity contribution in [2.24, 2.45) is 5.92 Å². The van der Waals surface area contributed by atoms with Gasteiger partial charge in [-0.25, -0.2) is 4.68 Å². The Morgan fingerprint density at radius 3 is 2.58 bits per heavy atom. The fourth-order valence-electron chi connectivity index (χ4n) is 1.05. The molecule has 0 atom stereocenters. The number of aromatic nitrogens is 3. The molecule has 0 radical (unpaired) electrons. The van der Waals surface area contributed by atoms with Crippen LogP contribution in [0.1, 0.15) is 26.5 Å². The Labute approximate surface area is 77.7 Å². The maximum atomic E-state index is 6.01. The lowest BCUT2D eigenvalue weighted by Gasteiger charge is -2.00. The number of halogens is 1. The zero-order chi connectivity index (χ0) is 9.14. The van der Waals surface area contributed by atoms with E-state index >= 15 is 0 Å². The van der Waals surface area contributed by atoms with Crippen molar-refractivity contribution in [2.75, 3.05) is 0 Å². The van der Waals surface area contributed by atoms with E-state index in [0.717, 1.165) is 18.7 Å². The van der Waals surface area contributed by atoms with Gasteiger partial charge in [-0.1, -0.05) is 30.7 Å². The molecule has 1 heterocycles. The van der Waals surface area contributed by atoms with Crippen molar-refractivity contribution in [1.82, 2.24) is 15.0 Å². The zero-order valence-corrected chi connectivity index (χ0v) is 8.47. The van der Waals surface area contributed by atoms with Gasteiger partial charge in [-0.05, 0) is 19.3 Å². The average Bonchev–Trinajstić information content (AvgIpc) is 2.32. The van der Waals surface area contributed by atoms with E-state index in [-0.39, 0.29) is 0 Å². The van der Waals surface area contributed by atoms with E-state index < -0.39 is 0 Å². The van der Waals surface area contributed by atoms with Crippen LogP contribution in [0.3, 0.4) is 0 Å². The third-order valence-corrected chi connectivity index (χ3v) is 2.05. The molecular formula is C8H14ClN3. The first kappa shape index (κ1) is 9.52. The van der Waals surface area contributed by atoms with Gasteiger partial charge in [0, 0.05) is 6.54 Å². The third-order valence-electron chi connectivity index (χ3n) is 1.64. The highest BCUT2D eigenvalue weighted by Crippen LogP contribution is 2.15. The number of nitrogens with zero attached hydrogens (tertiary/aromatic N) is 3. The molecule has 0 fully saturated rings. The lowest BCUT2D eigenvalue weighted by molar-refractivity contribution is 0.622. The van der Waals surface area contributed by atoms with Crippen LogP contribution in [-0.2, 0) is 13.0 Å². The van der Waals surface area contributed by atoms with Crippen LogP contribution in [0.25, 0.3) is 0 Å². The predicted molar refractivity (Wildman–Crippen MR) is 49.2 cm³/mol. The predicted octanol–water partition coefficient (Wildman–Crippen LogP) is 2.15. The molecule has 0 unspecified atom stereocenters. The molecule has 0 saturated heterocycles. The van der Waals surface area contributed by atoms with Gasteiger partial charge in [-0.2, -0.15) is 0 Å². The Bertz CT molecular complexity index is 255. The van der Waals surface area contributed by atoms with Gasteiger partial charge in [0.05, 0.1) is 0 Å². The first-order valence-corrected chi connectivity index (χ1v) is 4.60. The fraction of sp³-hybridized carbons (Fsp3) is 0.750. The minimum Gasteiger partial charge on any atom is -0.234 e. The van der Waals surface area contributed by atoms with Crippen molar-refractivity contribution in [3.05, 3.63) is 10.8 Å². The van der Waals surface area contributed by atoms with Gasteiger partial charge in [0.1, 0.15) is 10.8 Å². The Hall–Kier alpha value is -0.570. The zero-order valence-electron chi connectivity index (χ0n) is 7.71. The van der Waals surface area contributed by atoms with Gasteiger partial charge in [0.2, 0.25) is 0 Å². The summed E-state index contributed by atoms with van der Waals surface area (Å²) < 4.78 is 1.71. The molecule has 1 aromatic heterocycles. The molecule has 4 heteroatoms. The van der Waals surface area contributed by atoms with E-state index in [2.05, 4.69) is 24.2 Å². The van der Waals surface area contributed by atoms with E-state index in [1.165, 1.54) is 0 Å². The second-order valence-electron chi connectivity index (χ2n) is 3.24. The first-order chi connectivity index (χ1) is 5.65. The van der Waals surface area contributed by atoms with Crippen LogP contribution < -0.4 is 0 Å². The third kappa shape index (κ3) is 1.97. The largest absolute Gasteiger partial charge is 0.234 e. The molecule has 0 bridgehead atoms. The lowest BCUT2D eigenvalue weighted by atomic mass is 10.1. The van der Waals surface area contributed by atoms with Crippen LogP contribution in [0.4, 0.5) is 0 Å². The standard InChI is InChI=1S/C8H14ClN3/c1-4-12-8(9)7(10-11-12)5-6(2)3/h6H,4-5H2,1-3H3. The van der Waals surface area contributed by atoms with E-state index in [1.807, 2.05) is 6.92 Å². The second kappa shape index (κ2) is 3.90. The van der Waals surface area contributed by atoms with E-state index in [9.17, 15) is 0 Å².